The lowest BCUT2D eigenvalue weighted by Crippen LogP contribution is -2.01. The highest BCUT2D eigenvalue weighted by atomic mass is 32.1. The number of aryl methyl sites for hydroxylation is 2. The lowest BCUT2D eigenvalue weighted by Gasteiger charge is -2.04. The van der Waals surface area contributed by atoms with Crippen LogP contribution in [0.4, 0.5) is 5.13 Å². The normalized spacial score (nSPS) is 10.5. The van der Waals surface area contributed by atoms with E-state index in [1.807, 2.05) is 18.5 Å². The van der Waals surface area contributed by atoms with E-state index in [0.29, 0.717) is 0 Å². The molecule has 0 saturated heterocycles. The van der Waals surface area contributed by atoms with Gasteiger partial charge in [-0.3, -0.25) is 4.98 Å². The third-order valence-corrected chi connectivity index (χ3v) is 3.23. The Kier molecular flexibility index (Phi) is 4.03. The van der Waals surface area contributed by atoms with Gasteiger partial charge in [-0.2, -0.15) is 4.37 Å². The van der Waals surface area contributed by atoms with E-state index in [4.69, 9.17) is 0 Å². The standard InChI is InChI=1S/C12H16N4S/c1-3-4-11-15-12(17-16-11)14-8-10-7-13-6-5-9(10)2/h5-7H,3-4,8H2,1-2H3,(H,14,15,16). The van der Waals surface area contributed by atoms with Crippen molar-refractivity contribution in [3.8, 4) is 0 Å². The van der Waals surface area contributed by atoms with Gasteiger partial charge in [0.2, 0.25) is 5.13 Å². The van der Waals surface area contributed by atoms with Gasteiger partial charge in [-0.1, -0.05) is 6.92 Å². The van der Waals surface area contributed by atoms with E-state index in [1.165, 1.54) is 22.7 Å². The van der Waals surface area contributed by atoms with Crippen LogP contribution in [0.15, 0.2) is 18.5 Å². The Balaban J connectivity index is 1.95. The molecule has 0 aromatic carbocycles. The molecule has 0 amide bonds. The maximum atomic E-state index is 4.42. The lowest BCUT2D eigenvalue weighted by molar-refractivity contribution is 0.861. The van der Waals surface area contributed by atoms with Crippen molar-refractivity contribution in [1.29, 1.82) is 0 Å². The SMILES string of the molecule is CCCc1nsc(NCc2cnccc2C)n1. The van der Waals surface area contributed by atoms with Crippen molar-refractivity contribution in [2.75, 3.05) is 5.32 Å². The molecule has 17 heavy (non-hydrogen) atoms. The van der Waals surface area contributed by atoms with E-state index in [9.17, 15) is 0 Å². The molecule has 90 valence electrons. The summed E-state index contributed by atoms with van der Waals surface area (Å²) in [5.41, 5.74) is 2.44. The highest BCUT2D eigenvalue weighted by molar-refractivity contribution is 7.09. The second-order valence-electron chi connectivity index (χ2n) is 3.92. The average Bonchev–Trinajstić information content (AvgIpc) is 2.76. The van der Waals surface area contributed by atoms with Gasteiger partial charge in [-0.05, 0) is 30.5 Å². The maximum Gasteiger partial charge on any atom is 0.202 e. The molecular weight excluding hydrogens is 232 g/mol. The Morgan fingerprint density at radius 1 is 1.41 bits per heavy atom. The summed E-state index contributed by atoms with van der Waals surface area (Å²) in [7, 11) is 0. The predicted octanol–water partition coefficient (Wildman–Crippen LogP) is 2.81. The van der Waals surface area contributed by atoms with Gasteiger partial charge in [0.05, 0.1) is 0 Å². The van der Waals surface area contributed by atoms with Crippen LogP contribution in [0.5, 0.6) is 0 Å². The molecule has 0 spiro atoms. The largest absolute Gasteiger partial charge is 0.356 e. The Hall–Kier alpha value is -1.49. The Bertz CT molecular complexity index is 481. The minimum absolute atomic E-state index is 0.750. The van der Waals surface area contributed by atoms with Crippen LogP contribution in [0.25, 0.3) is 0 Å². The summed E-state index contributed by atoms with van der Waals surface area (Å²) in [4.78, 5) is 8.54. The smallest absolute Gasteiger partial charge is 0.202 e. The summed E-state index contributed by atoms with van der Waals surface area (Å²) in [6, 6.07) is 2.01. The zero-order valence-corrected chi connectivity index (χ0v) is 10.9. The third-order valence-electron chi connectivity index (χ3n) is 2.52. The molecule has 0 aliphatic rings. The average molecular weight is 248 g/mol. The van der Waals surface area contributed by atoms with E-state index in [-0.39, 0.29) is 0 Å². The Labute approximate surface area is 105 Å². The third kappa shape index (κ3) is 3.23. The molecule has 0 radical (unpaired) electrons. The Morgan fingerprint density at radius 2 is 2.29 bits per heavy atom. The van der Waals surface area contributed by atoms with Crippen LogP contribution in [0.3, 0.4) is 0 Å². The molecule has 2 heterocycles. The van der Waals surface area contributed by atoms with E-state index < -0.39 is 0 Å². The van der Waals surface area contributed by atoms with Crippen LogP contribution in [0.2, 0.25) is 0 Å². The topological polar surface area (TPSA) is 50.7 Å². The van der Waals surface area contributed by atoms with Crippen LogP contribution in [0, 0.1) is 6.92 Å². The number of hydrogen-bond donors (Lipinski definition) is 1. The summed E-state index contributed by atoms with van der Waals surface area (Å²) < 4.78 is 4.29. The molecule has 1 N–H and O–H groups in total. The summed E-state index contributed by atoms with van der Waals surface area (Å²) in [6.45, 7) is 4.97. The first-order valence-corrected chi connectivity index (χ1v) is 6.53. The summed E-state index contributed by atoms with van der Waals surface area (Å²) in [6.07, 6.45) is 5.72. The molecule has 0 bridgehead atoms. The van der Waals surface area contributed by atoms with Crippen molar-refractivity contribution >= 4 is 16.7 Å². The van der Waals surface area contributed by atoms with Gasteiger partial charge in [-0.25, -0.2) is 4.98 Å². The van der Waals surface area contributed by atoms with Gasteiger partial charge in [0.1, 0.15) is 5.82 Å². The number of anilines is 1. The number of pyridine rings is 1. The van der Waals surface area contributed by atoms with Crippen LogP contribution in [-0.2, 0) is 13.0 Å². The van der Waals surface area contributed by atoms with Crippen LogP contribution in [-0.4, -0.2) is 14.3 Å². The van der Waals surface area contributed by atoms with Crippen molar-refractivity contribution in [2.45, 2.75) is 33.2 Å². The lowest BCUT2D eigenvalue weighted by atomic mass is 10.2. The summed E-state index contributed by atoms with van der Waals surface area (Å²) >= 11 is 1.42. The van der Waals surface area contributed by atoms with Gasteiger partial charge < -0.3 is 5.32 Å². The predicted molar refractivity (Wildman–Crippen MR) is 70.2 cm³/mol. The van der Waals surface area contributed by atoms with Crippen LogP contribution in [0.1, 0.15) is 30.3 Å². The first-order chi connectivity index (χ1) is 8.29. The number of nitrogens with zero attached hydrogens (tertiary/aromatic N) is 3. The van der Waals surface area contributed by atoms with E-state index in [2.05, 4.69) is 33.5 Å². The monoisotopic (exact) mass is 248 g/mol. The number of hydrogen-bond acceptors (Lipinski definition) is 5. The van der Waals surface area contributed by atoms with Crippen molar-refractivity contribution < 1.29 is 0 Å². The fourth-order valence-electron chi connectivity index (χ4n) is 1.50. The maximum absolute atomic E-state index is 4.42. The van der Waals surface area contributed by atoms with Gasteiger partial charge in [0, 0.05) is 36.9 Å². The van der Waals surface area contributed by atoms with Gasteiger partial charge in [0.25, 0.3) is 0 Å². The van der Waals surface area contributed by atoms with E-state index in [1.54, 1.807) is 0 Å². The fourth-order valence-corrected chi connectivity index (χ4v) is 2.11. The van der Waals surface area contributed by atoms with E-state index in [0.717, 1.165) is 30.3 Å². The minimum atomic E-state index is 0.750. The summed E-state index contributed by atoms with van der Waals surface area (Å²) in [5.74, 6) is 0.933. The second kappa shape index (κ2) is 5.72. The quantitative estimate of drug-likeness (QED) is 0.884. The van der Waals surface area contributed by atoms with E-state index >= 15 is 0 Å². The molecule has 4 nitrogen and oxygen atoms in total. The fraction of sp³-hybridized carbons (Fsp3) is 0.417. The molecule has 0 atom stereocenters. The first-order valence-electron chi connectivity index (χ1n) is 5.75. The van der Waals surface area contributed by atoms with Crippen molar-refractivity contribution in [1.82, 2.24) is 14.3 Å². The summed E-state index contributed by atoms with van der Waals surface area (Å²) in [5, 5.41) is 4.17. The van der Waals surface area contributed by atoms with Gasteiger partial charge >= 0.3 is 0 Å². The van der Waals surface area contributed by atoms with Crippen molar-refractivity contribution in [3.63, 3.8) is 0 Å². The molecule has 2 aromatic rings. The second-order valence-corrected chi connectivity index (χ2v) is 4.67. The molecule has 0 aliphatic heterocycles. The highest BCUT2D eigenvalue weighted by Gasteiger charge is 2.03. The molecular formula is C12H16N4S. The number of nitrogens with one attached hydrogen (secondary N) is 1. The van der Waals surface area contributed by atoms with Gasteiger partial charge in [-0.15, -0.1) is 0 Å². The van der Waals surface area contributed by atoms with Crippen molar-refractivity contribution in [3.05, 3.63) is 35.4 Å². The molecule has 0 saturated carbocycles. The highest BCUT2D eigenvalue weighted by Crippen LogP contribution is 2.14. The molecule has 0 unspecified atom stereocenters. The molecule has 2 aromatic heterocycles. The van der Waals surface area contributed by atoms with Crippen LogP contribution >= 0.6 is 11.5 Å². The van der Waals surface area contributed by atoms with Crippen molar-refractivity contribution in [2.24, 2.45) is 0 Å². The minimum Gasteiger partial charge on any atom is -0.356 e. The molecule has 0 aliphatic carbocycles. The zero-order chi connectivity index (χ0) is 12.1. The first kappa shape index (κ1) is 12.0. The molecule has 0 fully saturated rings. The molecule has 5 heteroatoms. The van der Waals surface area contributed by atoms with Crippen LogP contribution < -0.4 is 5.32 Å². The zero-order valence-electron chi connectivity index (χ0n) is 10.1. The Morgan fingerprint density at radius 3 is 3.06 bits per heavy atom. The molecule has 2 rings (SSSR count). The van der Waals surface area contributed by atoms with Gasteiger partial charge in [0.15, 0.2) is 0 Å². The number of aromatic nitrogens is 3. The number of rotatable bonds is 5.